The van der Waals surface area contributed by atoms with Gasteiger partial charge in [0.2, 0.25) is 5.91 Å². The number of hydrogen-bond donors (Lipinski definition) is 2. The largest absolute Gasteiger partial charge is 0.466 e. The SMILES string of the molecule is CCOC(=O)CCNC(=O)C1COCCN1.Cl. The van der Waals surface area contributed by atoms with Crippen LogP contribution in [0.2, 0.25) is 0 Å². The van der Waals surface area contributed by atoms with Crippen LogP contribution >= 0.6 is 12.4 Å². The standard InChI is InChI=1S/C10H18N2O4.ClH/c1-2-16-9(13)3-4-12-10(14)8-7-15-6-5-11-8;/h8,11H,2-7H2,1H3,(H,12,14);1H. The van der Waals surface area contributed by atoms with Gasteiger partial charge >= 0.3 is 5.97 Å². The van der Waals surface area contributed by atoms with Gasteiger partial charge in [0.15, 0.2) is 0 Å². The number of morpholine rings is 1. The summed E-state index contributed by atoms with van der Waals surface area (Å²) < 4.78 is 9.89. The fourth-order valence-electron chi connectivity index (χ4n) is 1.38. The molecule has 6 nitrogen and oxygen atoms in total. The molecule has 0 aromatic carbocycles. The molecule has 1 heterocycles. The molecule has 1 atom stereocenters. The van der Waals surface area contributed by atoms with Crippen molar-refractivity contribution in [2.75, 3.05) is 32.9 Å². The number of hydrogen-bond acceptors (Lipinski definition) is 5. The Morgan fingerprint density at radius 2 is 2.29 bits per heavy atom. The number of rotatable bonds is 5. The zero-order valence-electron chi connectivity index (χ0n) is 9.86. The van der Waals surface area contributed by atoms with Crippen molar-refractivity contribution in [3.63, 3.8) is 0 Å². The highest BCUT2D eigenvalue weighted by atomic mass is 35.5. The fraction of sp³-hybridized carbons (Fsp3) is 0.800. The molecule has 0 aliphatic carbocycles. The molecule has 1 saturated heterocycles. The van der Waals surface area contributed by atoms with Crippen molar-refractivity contribution in [2.45, 2.75) is 19.4 Å². The zero-order chi connectivity index (χ0) is 11.8. The second-order valence-corrected chi connectivity index (χ2v) is 3.43. The van der Waals surface area contributed by atoms with Crippen LogP contribution in [-0.2, 0) is 19.1 Å². The lowest BCUT2D eigenvalue weighted by Gasteiger charge is -2.22. The van der Waals surface area contributed by atoms with E-state index >= 15 is 0 Å². The lowest BCUT2D eigenvalue weighted by Crippen LogP contribution is -2.51. The summed E-state index contributed by atoms with van der Waals surface area (Å²) in [6.07, 6.45) is 0.202. The van der Waals surface area contributed by atoms with Crippen molar-refractivity contribution in [1.29, 1.82) is 0 Å². The smallest absolute Gasteiger partial charge is 0.307 e. The Morgan fingerprint density at radius 3 is 2.88 bits per heavy atom. The molecule has 1 rings (SSSR count). The van der Waals surface area contributed by atoms with E-state index < -0.39 is 0 Å². The Balaban J connectivity index is 0.00000256. The third kappa shape index (κ3) is 6.45. The van der Waals surface area contributed by atoms with Crippen LogP contribution in [0.5, 0.6) is 0 Å². The Bertz CT molecular complexity index is 244. The van der Waals surface area contributed by atoms with Crippen LogP contribution in [0, 0.1) is 0 Å². The molecule has 0 aromatic heterocycles. The minimum absolute atomic E-state index is 0. The molecule has 1 aliphatic heterocycles. The number of carbonyl (C=O) groups excluding carboxylic acids is 2. The van der Waals surface area contributed by atoms with Crippen molar-refractivity contribution >= 4 is 24.3 Å². The van der Waals surface area contributed by atoms with Gasteiger partial charge in [0, 0.05) is 13.1 Å². The van der Waals surface area contributed by atoms with E-state index in [0.717, 1.165) is 0 Å². The zero-order valence-corrected chi connectivity index (χ0v) is 10.7. The van der Waals surface area contributed by atoms with Crippen LogP contribution < -0.4 is 10.6 Å². The molecule has 0 saturated carbocycles. The van der Waals surface area contributed by atoms with E-state index in [9.17, 15) is 9.59 Å². The van der Waals surface area contributed by atoms with Gasteiger partial charge in [-0.1, -0.05) is 0 Å². The predicted molar refractivity (Wildman–Crippen MR) is 64.1 cm³/mol. The van der Waals surface area contributed by atoms with Gasteiger partial charge in [0.1, 0.15) is 6.04 Å². The third-order valence-electron chi connectivity index (χ3n) is 2.17. The third-order valence-corrected chi connectivity index (χ3v) is 2.17. The Labute approximate surface area is 107 Å². The highest BCUT2D eigenvalue weighted by Crippen LogP contribution is 1.93. The van der Waals surface area contributed by atoms with Gasteiger partial charge in [-0.15, -0.1) is 12.4 Å². The van der Waals surface area contributed by atoms with E-state index in [4.69, 9.17) is 9.47 Å². The Kier molecular flexibility index (Phi) is 8.75. The van der Waals surface area contributed by atoms with Gasteiger partial charge in [-0.05, 0) is 6.92 Å². The van der Waals surface area contributed by atoms with E-state index in [0.29, 0.717) is 32.9 Å². The Morgan fingerprint density at radius 1 is 1.53 bits per heavy atom. The highest BCUT2D eigenvalue weighted by molar-refractivity contribution is 5.85. The molecule has 7 heteroatoms. The van der Waals surface area contributed by atoms with Crippen molar-refractivity contribution < 1.29 is 19.1 Å². The van der Waals surface area contributed by atoms with Crippen LogP contribution in [-0.4, -0.2) is 50.8 Å². The minimum atomic E-state index is -0.309. The van der Waals surface area contributed by atoms with Gasteiger partial charge in [-0.25, -0.2) is 0 Å². The predicted octanol–water partition coefficient (Wildman–Crippen LogP) is -0.534. The molecular weight excluding hydrogens is 248 g/mol. The quantitative estimate of drug-likeness (QED) is 0.654. The van der Waals surface area contributed by atoms with Gasteiger partial charge in [0.05, 0.1) is 26.2 Å². The Hall–Kier alpha value is -0.850. The maximum atomic E-state index is 11.5. The van der Waals surface area contributed by atoms with Crippen molar-refractivity contribution in [1.82, 2.24) is 10.6 Å². The number of esters is 1. The molecule has 0 spiro atoms. The molecule has 0 radical (unpaired) electrons. The molecular formula is C10H19ClN2O4. The second-order valence-electron chi connectivity index (χ2n) is 3.43. The van der Waals surface area contributed by atoms with Crippen LogP contribution in [0.15, 0.2) is 0 Å². The first kappa shape index (κ1) is 16.1. The first-order valence-corrected chi connectivity index (χ1v) is 5.48. The van der Waals surface area contributed by atoms with Gasteiger partial charge in [-0.3, -0.25) is 9.59 Å². The topological polar surface area (TPSA) is 76.7 Å². The molecule has 17 heavy (non-hydrogen) atoms. The summed E-state index contributed by atoms with van der Waals surface area (Å²) in [6.45, 7) is 4.11. The summed E-state index contributed by atoms with van der Waals surface area (Å²) in [5.74, 6) is -0.431. The van der Waals surface area contributed by atoms with Crippen LogP contribution in [0.1, 0.15) is 13.3 Å². The summed E-state index contributed by atoms with van der Waals surface area (Å²) in [5, 5.41) is 5.69. The van der Waals surface area contributed by atoms with E-state index in [-0.39, 0.29) is 36.7 Å². The number of nitrogens with one attached hydrogen (secondary N) is 2. The van der Waals surface area contributed by atoms with Gasteiger partial charge < -0.3 is 20.1 Å². The van der Waals surface area contributed by atoms with Gasteiger partial charge in [0.25, 0.3) is 0 Å². The molecule has 2 N–H and O–H groups in total. The van der Waals surface area contributed by atoms with E-state index in [1.54, 1.807) is 6.92 Å². The molecule has 1 unspecified atom stereocenters. The average molecular weight is 267 g/mol. The summed E-state index contributed by atoms with van der Waals surface area (Å²) in [4.78, 5) is 22.5. The maximum Gasteiger partial charge on any atom is 0.307 e. The average Bonchev–Trinajstić information content (AvgIpc) is 2.30. The van der Waals surface area contributed by atoms with Crippen molar-refractivity contribution in [3.05, 3.63) is 0 Å². The summed E-state index contributed by atoms with van der Waals surface area (Å²) in [6, 6.07) is -0.309. The second kappa shape index (κ2) is 9.21. The molecule has 0 bridgehead atoms. The summed E-state index contributed by atoms with van der Waals surface area (Å²) in [5.41, 5.74) is 0. The van der Waals surface area contributed by atoms with E-state index in [2.05, 4.69) is 10.6 Å². The number of amides is 1. The first-order valence-electron chi connectivity index (χ1n) is 5.48. The number of carbonyl (C=O) groups is 2. The summed E-state index contributed by atoms with van der Waals surface area (Å²) in [7, 11) is 0. The fourth-order valence-corrected chi connectivity index (χ4v) is 1.38. The first-order chi connectivity index (χ1) is 7.74. The van der Waals surface area contributed by atoms with Crippen LogP contribution in [0.25, 0.3) is 0 Å². The normalized spacial score (nSPS) is 19.0. The molecule has 1 aliphatic rings. The summed E-state index contributed by atoms with van der Waals surface area (Å²) >= 11 is 0. The van der Waals surface area contributed by atoms with Crippen LogP contribution in [0.3, 0.4) is 0 Å². The van der Waals surface area contributed by atoms with Crippen molar-refractivity contribution in [3.8, 4) is 0 Å². The van der Waals surface area contributed by atoms with E-state index in [1.807, 2.05) is 0 Å². The highest BCUT2D eigenvalue weighted by Gasteiger charge is 2.20. The van der Waals surface area contributed by atoms with Gasteiger partial charge in [-0.2, -0.15) is 0 Å². The molecule has 1 fully saturated rings. The monoisotopic (exact) mass is 266 g/mol. The molecule has 100 valence electrons. The molecule has 0 aromatic rings. The lowest BCUT2D eigenvalue weighted by atomic mass is 10.2. The minimum Gasteiger partial charge on any atom is -0.466 e. The van der Waals surface area contributed by atoms with Crippen LogP contribution in [0.4, 0.5) is 0 Å². The van der Waals surface area contributed by atoms with E-state index in [1.165, 1.54) is 0 Å². The molecule has 1 amide bonds. The maximum absolute atomic E-state index is 11.5. The van der Waals surface area contributed by atoms with Crippen molar-refractivity contribution in [2.24, 2.45) is 0 Å². The lowest BCUT2D eigenvalue weighted by molar-refractivity contribution is -0.143. The number of ether oxygens (including phenoxy) is 2. The number of halogens is 1.